The lowest BCUT2D eigenvalue weighted by Crippen LogP contribution is -2.15. The molecule has 0 fully saturated rings. The molecule has 0 aliphatic carbocycles. The molecular weight excluding hydrogens is 312 g/mol. The molecule has 2 aromatic rings. The third-order valence-electron chi connectivity index (χ3n) is 2.62. The molecular formula is C12H13BrN4O2. The Morgan fingerprint density at radius 1 is 1.53 bits per heavy atom. The van der Waals surface area contributed by atoms with E-state index in [0.29, 0.717) is 22.8 Å². The number of amides is 1. The number of benzene rings is 1. The molecule has 1 amide bonds. The average molecular weight is 325 g/mol. The van der Waals surface area contributed by atoms with Gasteiger partial charge in [-0.1, -0.05) is 15.9 Å². The van der Waals surface area contributed by atoms with Gasteiger partial charge >= 0.3 is 0 Å². The highest BCUT2D eigenvalue weighted by Crippen LogP contribution is 2.28. The SMILES string of the molecule is COc1ccc(Br)cc1NC(=O)c1n[nH]c(C)c1N. The molecule has 0 saturated heterocycles. The van der Waals surface area contributed by atoms with Crippen LogP contribution >= 0.6 is 15.9 Å². The molecule has 19 heavy (non-hydrogen) atoms. The summed E-state index contributed by atoms with van der Waals surface area (Å²) in [5, 5.41) is 9.26. The van der Waals surface area contributed by atoms with Crippen LogP contribution in [0.4, 0.5) is 11.4 Å². The van der Waals surface area contributed by atoms with Crippen LogP contribution < -0.4 is 15.8 Å². The molecule has 1 heterocycles. The number of nitrogen functional groups attached to an aromatic ring is 1. The third-order valence-corrected chi connectivity index (χ3v) is 3.11. The van der Waals surface area contributed by atoms with E-state index in [2.05, 4.69) is 31.4 Å². The number of H-pyrrole nitrogens is 1. The zero-order chi connectivity index (χ0) is 14.0. The first kappa shape index (κ1) is 13.4. The maximum absolute atomic E-state index is 12.1. The zero-order valence-corrected chi connectivity index (χ0v) is 12.0. The van der Waals surface area contributed by atoms with Gasteiger partial charge in [0.25, 0.3) is 5.91 Å². The highest BCUT2D eigenvalue weighted by Gasteiger charge is 2.17. The molecule has 4 N–H and O–H groups in total. The van der Waals surface area contributed by atoms with Crippen LogP contribution in [0.25, 0.3) is 0 Å². The van der Waals surface area contributed by atoms with Crippen molar-refractivity contribution >= 4 is 33.2 Å². The number of nitrogens with zero attached hydrogens (tertiary/aromatic N) is 1. The van der Waals surface area contributed by atoms with Crippen molar-refractivity contribution in [1.29, 1.82) is 0 Å². The molecule has 0 atom stereocenters. The number of aromatic nitrogens is 2. The number of carbonyl (C=O) groups is 1. The molecule has 0 spiro atoms. The van der Waals surface area contributed by atoms with Crippen molar-refractivity contribution in [3.63, 3.8) is 0 Å². The first-order valence-corrected chi connectivity index (χ1v) is 6.27. The summed E-state index contributed by atoms with van der Waals surface area (Å²) in [6.45, 7) is 1.75. The van der Waals surface area contributed by atoms with Gasteiger partial charge in [0.15, 0.2) is 5.69 Å². The van der Waals surface area contributed by atoms with Gasteiger partial charge in [-0.25, -0.2) is 0 Å². The Labute approximate surface area is 118 Å². The van der Waals surface area contributed by atoms with Gasteiger partial charge in [0.2, 0.25) is 0 Å². The summed E-state index contributed by atoms with van der Waals surface area (Å²) in [5.41, 5.74) is 7.47. The second-order valence-electron chi connectivity index (χ2n) is 3.91. The number of nitrogens with one attached hydrogen (secondary N) is 2. The minimum atomic E-state index is -0.391. The maximum atomic E-state index is 12.1. The summed E-state index contributed by atoms with van der Waals surface area (Å²) in [6.07, 6.45) is 0. The van der Waals surface area contributed by atoms with Gasteiger partial charge in [-0.2, -0.15) is 5.10 Å². The lowest BCUT2D eigenvalue weighted by molar-refractivity contribution is 0.102. The number of ether oxygens (including phenoxy) is 1. The fourth-order valence-electron chi connectivity index (χ4n) is 1.57. The Balaban J connectivity index is 2.28. The van der Waals surface area contributed by atoms with Crippen LogP contribution in [-0.2, 0) is 0 Å². The van der Waals surface area contributed by atoms with E-state index in [0.717, 1.165) is 4.47 Å². The van der Waals surface area contributed by atoms with Gasteiger partial charge in [0.1, 0.15) is 5.75 Å². The second kappa shape index (κ2) is 5.31. The van der Waals surface area contributed by atoms with Crippen LogP contribution in [0.15, 0.2) is 22.7 Å². The standard InChI is InChI=1S/C12H13BrN4O2/c1-6-10(14)11(17-16-6)12(18)15-8-5-7(13)3-4-9(8)19-2/h3-5H,14H2,1-2H3,(H,15,18)(H,16,17). The minimum absolute atomic E-state index is 0.166. The highest BCUT2D eigenvalue weighted by atomic mass is 79.9. The lowest BCUT2D eigenvalue weighted by Gasteiger charge is -2.09. The summed E-state index contributed by atoms with van der Waals surface area (Å²) in [4.78, 5) is 12.1. The van der Waals surface area contributed by atoms with Gasteiger partial charge in [-0.3, -0.25) is 9.89 Å². The quantitative estimate of drug-likeness (QED) is 0.807. The Morgan fingerprint density at radius 2 is 2.26 bits per heavy atom. The number of aryl methyl sites for hydroxylation is 1. The maximum Gasteiger partial charge on any atom is 0.278 e. The number of anilines is 2. The van der Waals surface area contributed by atoms with E-state index in [1.54, 1.807) is 19.1 Å². The summed E-state index contributed by atoms with van der Waals surface area (Å²) in [5.74, 6) is 0.167. The van der Waals surface area contributed by atoms with Gasteiger partial charge in [0, 0.05) is 4.47 Å². The Hall–Kier alpha value is -2.02. The number of carbonyl (C=O) groups excluding carboxylic acids is 1. The predicted molar refractivity (Wildman–Crippen MR) is 76.4 cm³/mol. The molecule has 0 aliphatic heterocycles. The van der Waals surface area contributed by atoms with E-state index < -0.39 is 5.91 Å². The molecule has 0 saturated carbocycles. The third kappa shape index (κ3) is 2.70. The Morgan fingerprint density at radius 3 is 2.84 bits per heavy atom. The van der Waals surface area contributed by atoms with Gasteiger partial charge in [0.05, 0.1) is 24.2 Å². The topological polar surface area (TPSA) is 93.0 Å². The number of nitrogens with two attached hydrogens (primary N) is 1. The number of aromatic amines is 1. The summed E-state index contributed by atoms with van der Waals surface area (Å²) in [6, 6.07) is 5.31. The summed E-state index contributed by atoms with van der Waals surface area (Å²) in [7, 11) is 1.53. The van der Waals surface area contributed by atoms with Crippen LogP contribution in [0, 0.1) is 6.92 Å². The number of halogens is 1. The van der Waals surface area contributed by atoms with Crippen LogP contribution in [0.2, 0.25) is 0 Å². The van der Waals surface area contributed by atoms with Gasteiger partial charge < -0.3 is 15.8 Å². The minimum Gasteiger partial charge on any atom is -0.495 e. The Bertz CT molecular complexity index is 624. The normalized spacial score (nSPS) is 10.3. The van der Waals surface area contributed by atoms with Crippen LogP contribution in [0.1, 0.15) is 16.2 Å². The highest BCUT2D eigenvalue weighted by molar-refractivity contribution is 9.10. The molecule has 0 bridgehead atoms. The number of rotatable bonds is 3. The first-order valence-electron chi connectivity index (χ1n) is 5.48. The van der Waals surface area contributed by atoms with E-state index in [1.165, 1.54) is 7.11 Å². The van der Waals surface area contributed by atoms with Crippen LogP contribution in [-0.4, -0.2) is 23.2 Å². The van der Waals surface area contributed by atoms with Crippen molar-refractivity contribution < 1.29 is 9.53 Å². The van der Waals surface area contributed by atoms with Crippen molar-refractivity contribution in [1.82, 2.24) is 10.2 Å². The summed E-state index contributed by atoms with van der Waals surface area (Å²) >= 11 is 3.34. The fraction of sp³-hybridized carbons (Fsp3) is 0.167. The van der Waals surface area contributed by atoms with Crippen molar-refractivity contribution in [2.75, 3.05) is 18.2 Å². The van der Waals surface area contributed by atoms with E-state index in [-0.39, 0.29) is 5.69 Å². The number of hydrogen-bond acceptors (Lipinski definition) is 4. The lowest BCUT2D eigenvalue weighted by atomic mass is 10.2. The second-order valence-corrected chi connectivity index (χ2v) is 4.83. The predicted octanol–water partition coefficient (Wildman–Crippen LogP) is 2.32. The van der Waals surface area contributed by atoms with Crippen molar-refractivity contribution in [2.45, 2.75) is 6.92 Å². The monoisotopic (exact) mass is 324 g/mol. The smallest absolute Gasteiger partial charge is 0.278 e. The van der Waals surface area contributed by atoms with Crippen molar-refractivity contribution in [3.8, 4) is 5.75 Å². The van der Waals surface area contributed by atoms with Crippen molar-refractivity contribution in [3.05, 3.63) is 34.1 Å². The molecule has 0 unspecified atom stereocenters. The van der Waals surface area contributed by atoms with E-state index >= 15 is 0 Å². The molecule has 7 heteroatoms. The van der Waals surface area contributed by atoms with E-state index in [1.807, 2.05) is 6.07 Å². The summed E-state index contributed by atoms with van der Waals surface area (Å²) < 4.78 is 6.01. The Kier molecular flexibility index (Phi) is 3.75. The van der Waals surface area contributed by atoms with E-state index in [4.69, 9.17) is 10.5 Å². The molecule has 0 radical (unpaired) electrons. The van der Waals surface area contributed by atoms with Gasteiger partial charge in [-0.05, 0) is 25.1 Å². The largest absolute Gasteiger partial charge is 0.495 e. The zero-order valence-electron chi connectivity index (χ0n) is 10.5. The first-order chi connectivity index (χ1) is 9.02. The molecule has 1 aromatic heterocycles. The van der Waals surface area contributed by atoms with Crippen LogP contribution in [0.3, 0.4) is 0 Å². The molecule has 1 aromatic carbocycles. The molecule has 2 rings (SSSR count). The van der Waals surface area contributed by atoms with E-state index in [9.17, 15) is 4.79 Å². The fourth-order valence-corrected chi connectivity index (χ4v) is 1.93. The van der Waals surface area contributed by atoms with Crippen LogP contribution in [0.5, 0.6) is 5.75 Å². The molecule has 0 aliphatic rings. The molecule has 100 valence electrons. The number of hydrogen-bond donors (Lipinski definition) is 3. The van der Waals surface area contributed by atoms with Gasteiger partial charge in [-0.15, -0.1) is 0 Å². The number of methoxy groups -OCH3 is 1. The van der Waals surface area contributed by atoms with Crippen molar-refractivity contribution in [2.24, 2.45) is 0 Å². The average Bonchev–Trinajstić information content (AvgIpc) is 2.70. The molecule has 6 nitrogen and oxygen atoms in total.